The van der Waals surface area contributed by atoms with Gasteiger partial charge in [0.1, 0.15) is 11.7 Å². The van der Waals surface area contributed by atoms with Crippen molar-refractivity contribution in [1.29, 1.82) is 0 Å². The van der Waals surface area contributed by atoms with Gasteiger partial charge in [0.05, 0.1) is 31.5 Å². The summed E-state index contributed by atoms with van der Waals surface area (Å²) in [5.74, 6) is 4.19. The number of aromatic amines is 2. The summed E-state index contributed by atoms with van der Waals surface area (Å²) in [5.41, 5.74) is 1.57. The average molecular weight is 436 g/mol. The molecule has 1 aromatic carbocycles. The number of rotatable bonds is 6. The van der Waals surface area contributed by atoms with Crippen molar-refractivity contribution in [2.24, 2.45) is 0 Å². The summed E-state index contributed by atoms with van der Waals surface area (Å²) in [5, 5.41) is 2.93. The fourth-order valence-corrected chi connectivity index (χ4v) is 2.91. The minimum Gasteiger partial charge on any atom is -0.469 e. The Labute approximate surface area is 182 Å². The number of methoxy groups -OCH3 is 2. The van der Waals surface area contributed by atoms with Crippen molar-refractivity contribution in [1.82, 2.24) is 20.3 Å². The lowest BCUT2D eigenvalue weighted by atomic mass is 10.1. The highest BCUT2D eigenvalue weighted by Crippen LogP contribution is 2.11. The number of esters is 2. The van der Waals surface area contributed by atoms with Crippen LogP contribution in [-0.2, 0) is 19.1 Å². The van der Waals surface area contributed by atoms with Crippen LogP contribution in [0.2, 0.25) is 0 Å². The number of benzene rings is 1. The SMILES string of the molecule is COC(=O)CC[C@@H](NC(=O)c1ccc(C#Cc2c[nH]c3nc[nH]c(=O)c23)cc1)C(=O)OC. The largest absolute Gasteiger partial charge is 0.469 e. The van der Waals surface area contributed by atoms with Crippen LogP contribution in [0, 0.1) is 11.8 Å². The van der Waals surface area contributed by atoms with E-state index in [4.69, 9.17) is 0 Å². The maximum Gasteiger partial charge on any atom is 0.328 e. The zero-order chi connectivity index (χ0) is 23.1. The monoisotopic (exact) mass is 436 g/mol. The quantitative estimate of drug-likeness (QED) is 0.384. The molecular formula is C22H20N4O6. The molecule has 3 N–H and O–H groups in total. The Bertz CT molecular complexity index is 1260. The molecule has 3 aromatic rings. The second kappa shape index (κ2) is 10.1. The molecule has 0 aliphatic heterocycles. The third-order valence-corrected chi connectivity index (χ3v) is 4.62. The van der Waals surface area contributed by atoms with Crippen LogP contribution in [0.4, 0.5) is 0 Å². The lowest BCUT2D eigenvalue weighted by Gasteiger charge is -2.16. The number of amides is 1. The third kappa shape index (κ3) is 5.20. The van der Waals surface area contributed by atoms with Crippen molar-refractivity contribution in [2.75, 3.05) is 14.2 Å². The Morgan fingerprint density at radius 1 is 1.09 bits per heavy atom. The average Bonchev–Trinajstić information content (AvgIpc) is 3.24. The second-order valence-corrected chi connectivity index (χ2v) is 6.65. The van der Waals surface area contributed by atoms with E-state index in [2.05, 4.69) is 41.6 Å². The molecular weight excluding hydrogens is 416 g/mol. The van der Waals surface area contributed by atoms with Crippen LogP contribution in [0.3, 0.4) is 0 Å². The fourth-order valence-electron chi connectivity index (χ4n) is 2.91. The summed E-state index contributed by atoms with van der Waals surface area (Å²) in [4.78, 5) is 57.1. The van der Waals surface area contributed by atoms with E-state index in [1.165, 1.54) is 20.5 Å². The van der Waals surface area contributed by atoms with Gasteiger partial charge in [-0.3, -0.25) is 14.4 Å². The maximum atomic E-state index is 12.5. The Morgan fingerprint density at radius 2 is 1.84 bits per heavy atom. The van der Waals surface area contributed by atoms with E-state index in [0.29, 0.717) is 27.7 Å². The summed E-state index contributed by atoms with van der Waals surface area (Å²) in [6, 6.07) is 5.40. The normalized spacial score (nSPS) is 11.2. The molecule has 0 bridgehead atoms. The van der Waals surface area contributed by atoms with Gasteiger partial charge in [-0.05, 0) is 30.7 Å². The van der Waals surface area contributed by atoms with E-state index >= 15 is 0 Å². The van der Waals surface area contributed by atoms with Crippen molar-refractivity contribution < 1.29 is 23.9 Å². The van der Waals surface area contributed by atoms with Crippen LogP contribution in [0.25, 0.3) is 11.0 Å². The molecule has 0 aliphatic carbocycles. The fraction of sp³-hybridized carbons (Fsp3) is 0.227. The summed E-state index contributed by atoms with van der Waals surface area (Å²) < 4.78 is 9.24. The Balaban J connectivity index is 1.71. The number of aromatic nitrogens is 3. The molecule has 164 valence electrons. The highest BCUT2D eigenvalue weighted by molar-refractivity contribution is 5.97. The van der Waals surface area contributed by atoms with Crippen molar-refractivity contribution in [2.45, 2.75) is 18.9 Å². The molecule has 1 amide bonds. The molecule has 2 heterocycles. The van der Waals surface area contributed by atoms with Gasteiger partial charge in [0, 0.05) is 23.7 Å². The van der Waals surface area contributed by atoms with Gasteiger partial charge in [-0.1, -0.05) is 11.8 Å². The first kappa shape index (κ1) is 22.3. The molecule has 32 heavy (non-hydrogen) atoms. The van der Waals surface area contributed by atoms with Crippen LogP contribution < -0.4 is 10.9 Å². The lowest BCUT2D eigenvalue weighted by Crippen LogP contribution is -2.41. The van der Waals surface area contributed by atoms with Gasteiger partial charge in [0.15, 0.2) is 0 Å². The Morgan fingerprint density at radius 3 is 2.53 bits per heavy atom. The van der Waals surface area contributed by atoms with E-state index in [1.807, 2.05) is 0 Å². The first-order chi connectivity index (χ1) is 15.4. The number of fused-ring (bicyclic) bond motifs is 1. The number of hydrogen-bond acceptors (Lipinski definition) is 7. The van der Waals surface area contributed by atoms with Crippen molar-refractivity contribution in [3.63, 3.8) is 0 Å². The molecule has 10 heteroatoms. The first-order valence-corrected chi connectivity index (χ1v) is 9.55. The molecule has 0 spiro atoms. The maximum absolute atomic E-state index is 12.5. The Hall–Kier alpha value is -4.39. The first-order valence-electron chi connectivity index (χ1n) is 9.55. The van der Waals surface area contributed by atoms with E-state index < -0.39 is 23.9 Å². The van der Waals surface area contributed by atoms with Gasteiger partial charge in [0.25, 0.3) is 11.5 Å². The number of ether oxygens (including phenoxy) is 2. The third-order valence-electron chi connectivity index (χ3n) is 4.62. The zero-order valence-corrected chi connectivity index (χ0v) is 17.4. The highest BCUT2D eigenvalue weighted by atomic mass is 16.5. The molecule has 2 aromatic heterocycles. The number of carbonyl (C=O) groups is 3. The molecule has 1 atom stereocenters. The zero-order valence-electron chi connectivity index (χ0n) is 17.4. The molecule has 0 fully saturated rings. The predicted octanol–water partition coefficient (Wildman–Crippen LogP) is 0.876. The molecule has 0 unspecified atom stereocenters. The summed E-state index contributed by atoms with van der Waals surface area (Å²) in [6.07, 6.45) is 2.91. The number of H-pyrrole nitrogens is 2. The second-order valence-electron chi connectivity index (χ2n) is 6.65. The molecule has 0 radical (unpaired) electrons. The number of carbonyl (C=O) groups excluding carboxylic acids is 3. The van der Waals surface area contributed by atoms with Gasteiger partial charge < -0.3 is 24.8 Å². The number of nitrogens with zero attached hydrogens (tertiary/aromatic N) is 1. The van der Waals surface area contributed by atoms with E-state index in [9.17, 15) is 19.2 Å². The summed E-state index contributed by atoms with van der Waals surface area (Å²) in [6.45, 7) is 0. The Kier molecular flexibility index (Phi) is 7.02. The van der Waals surface area contributed by atoms with Gasteiger partial charge in [-0.25, -0.2) is 9.78 Å². The van der Waals surface area contributed by atoms with E-state index in [0.717, 1.165) is 0 Å². The van der Waals surface area contributed by atoms with Gasteiger partial charge >= 0.3 is 11.9 Å². The highest BCUT2D eigenvalue weighted by Gasteiger charge is 2.23. The standard InChI is InChI=1S/C22H20N4O6/c1-31-17(27)10-9-16(22(30)32-2)26-20(28)14-6-3-13(4-7-14)5-8-15-11-23-19-18(15)21(29)25-12-24-19/h3-4,6-7,11-12,16H,9-10H2,1-2H3,(H,26,28)(H2,23,24,25,29)/t16-/m1/s1. The van der Waals surface area contributed by atoms with Crippen molar-refractivity contribution >= 4 is 28.9 Å². The van der Waals surface area contributed by atoms with Gasteiger partial charge in [-0.15, -0.1) is 0 Å². The smallest absolute Gasteiger partial charge is 0.328 e. The topological polar surface area (TPSA) is 143 Å². The molecule has 0 aliphatic rings. The summed E-state index contributed by atoms with van der Waals surface area (Å²) >= 11 is 0. The van der Waals surface area contributed by atoms with Crippen LogP contribution in [0.1, 0.15) is 34.3 Å². The van der Waals surface area contributed by atoms with Crippen molar-refractivity contribution in [3.8, 4) is 11.8 Å². The molecule has 0 saturated heterocycles. The lowest BCUT2D eigenvalue weighted by molar-refractivity contribution is -0.144. The number of hydrogen-bond donors (Lipinski definition) is 3. The van der Waals surface area contributed by atoms with Crippen LogP contribution >= 0.6 is 0 Å². The molecule has 10 nitrogen and oxygen atoms in total. The van der Waals surface area contributed by atoms with Crippen LogP contribution in [-0.4, -0.2) is 53.1 Å². The van der Waals surface area contributed by atoms with E-state index in [-0.39, 0.29) is 18.4 Å². The van der Waals surface area contributed by atoms with Crippen molar-refractivity contribution in [3.05, 3.63) is 63.8 Å². The van der Waals surface area contributed by atoms with Crippen LogP contribution in [0.15, 0.2) is 41.6 Å². The van der Waals surface area contributed by atoms with Gasteiger partial charge in [-0.2, -0.15) is 0 Å². The minimum absolute atomic E-state index is 0.0444. The molecule has 3 rings (SSSR count). The van der Waals surface area contributed by atoms with Gasteiger partial charge in [0.2, 0.25) is 0 Å². The number of nitrogens with one attached hydrogen (secondary N) is 3. The van der Waals surface area contributed by atoms with Crippen LogP contribution in [0.5, 0.6) is 0 Å². The molecule has 0 saturated carbocycles. The predicted molar refractivity (Wildman–Crippen MR) is 114 cm³/mol. The van der Waals surface area contributed by atoms with E-state index in [1.54, 1.807) is 30.5 Å². The minimum atomic E-state index is -0.986. The summed E-state index contributed by atoms with van der Waals surface area (Å²) in [7, 11) is 2.44.